The minimum absolute atomic E-state index is 0.0760. The molecule has 0 radical (unpaired) electrons. The zero-order valence-corrected chi connectivity index (χ0v) is 7.65. The van der Waals surface area contributed by atoms with Gasteiger partial charge in [-0.3, -0.25) is 9.59 Å². The van der Waals surface area contributed by atoms with E-state index in [1.165, 1.54) is 0 Å². The lowest BCUT2D eigenvalue weighted by molar-refractivity contribution is -0.135. The molecule has 2 amide bonds. The lowest BCUT2D eigenvalue weighted by Crippen LogP contribution is -2.62. The van der Waals surface area contributed by atoms with Crippen LogP contribution in [-0.2, 0) is 9.59 Å². The molecule has 2 N–H and O–H groups in total. The van der Waals surface area contributed by atoms with Gasteiger partial charge in [-0.15, -0.1) is 23.2 Å². The van der Waals surface area contributed by atoms with Crippen LogP contribution >= 0.6 is 23.2 Å². The highest BCUT2D eigenvalue weighted by Crippen LogP contribution is 2.00. The predicted molar refractivity (Wildman–Crippen MR) is 45.3 cm³/mol. The van der Waals surface area contributed by atoms with E-state index in [2.05, 4.69) is 10.6 Å². The number of amides is 2. The molecule has 1 heterocycles. The largest absolute Gasteiger partial charge is 0.341 e. The molecule has 1 aliphatic rings. The van der Waals surface area contributed by atoms with E-state index in [-0.39, 0.29) is 23.6 Å². The van der Waals surface area contributed by atoms with E-state index < -0.39 is 12.1 Å². The molecule has 68 valence electrons. The fraction of sp³-hybridized carbons (Fsp3) is 0.667. The Hall–Kier alpha value is -0.480. The van der Waals surface area contributed by atoms with Crippen LogP contribution in [0.25, 0.3) is 0 Å². The molecule has 1 saturated heterocycles. The summed E-state index contributed by atoms with van der Waals surface area (Å²) >= 11 is 10.8. The third-order valence-corrected chi connectivity index (χ3v) is 2.19. The SMILES string of the molecule is O=C1N[C@H](CCl)C(=O)N[C@H]1CCl. The predicted octanol–water partition coefficient (Wildman–Crippen LogP) is -0.553. The second kappa shape index (κ2) is 3.96. The molecule has 4 nitrogen and oxygen atoms in total. The van der Waals surface area contributed by atoms with E-state index in [0.717, 1.165) is 0 Å². The fourth-order valence-corrected chi connectivity index (χ4v) is 1.33. The zero-order valence-electron chi connectivity index (χ0n) is 6.14. The highest BCUT2D eigenvalue weighted by molar-refractivity contribution is 6.22. The summed E-state index contributed by atoms with van der Waals surface area (Å²) in [6.45, 7) is 0. The first-order valence-corrected chi connectivity index (χ1v) is 4.48. The summed E-state index contributed by atoms with van der Waals surface area (Å²) in [5.41, 5.74) is 0. The van der Waals surface area contributed by atoms with Crippen molar-refractivity contribution in [1.29, 1.82) is 0 Å². The van der Waals surface area contributed by atoms with Crippen molar-refractivity contribution in [2.24, 2.45) is 0 Å². The first-order valence-electron chi connectivity index (χ1n) is 3.41. The van der Waals surface area contributed by atoms with Gasteiger partial charge in [0, 0.05) is 0 Å². The van der Waals surface area contributed by atoms with Crippen LogP contribution in [0.1, 0.15) is 0 Å². The molecule has 0 bridgehead atoms. The van der Waals surface area contributed by atoms with E-state index >= 15 is 0 Å². The maximum atomic E-state index is 11.1. The molecule has 0 unspecified atom stereocenters. The van der Waals surface area contributed by atoms with Gasteiger partial charge in [-0.05, 0) is 0 Å². The molecule has 0 saturated carbocycles. The van der Waals surface area contributed by atoms with Crippen LogP contribution in [0.2, 0.25) is 0 Å². The van der Waals surface area contributed by atoms with Crippen molar-refractivity contribution >= 4 is 35.0 Å². The molecule has 12 heavy (non-hydrogen) atoms. The first kappa shape index (κ1) is 9.61. The van der Waals surface area contributed by atoms with E-state index in [4.69, 9.17) is 23.2 Å². The van der Waals surface area contributed by atoms with Crippen LogP contribution in [0.3, 0.4) is 0 Å². The summed E-state index contributed by atoms with van der Waals surface area (Å²) in [5, 5.41) is 4.90. The number of carbonyl (C=O) groups excluding carboxylic acids is 2. The molecule has 2 atom stereocenters. The average molecular weight is 211 g/mol. The summed E-state index contributed by atoms with van der Waals surface area (Å²) in [6.07, 6.45) is 0. The summed E-state index contributed by atoms with van der Waals surface area (Å²) in [7, 11) is 0. The van der Waals surface area contributed by atoms with Crippen molar-refractivity contribution in [3.05, 3.63) is 0 Å². The topological polar surface area (TPSA) is 58.2 Å². The second-order valence-corrected chi connectivity index (χ2v) is 3.05. The molecule has 1 rings (SSSR count). The van der Waals surface area contributed by atoms with Crippen molar-refractivity contribution < 1.29 is 9.59 Å². The number of rotatable bonds is 2. The van der Waals surface area contributed by atoms with E-state index in [9.17, 15) is 9.59 Å². The lowest BCUT2D eigenvalue weighted by Gasteiger charge is -2.26. The quantitative estimate of drug-likeness (QED) is 0.602. The number of piperazine rings is 1. The van der Waals surface area contributed by atoms with Crippen LogP contribution in [0.5, 0.6) is 0 Å². The minimum atomic E-state index is -0.626. The molecular formula is C6H8Cl2N2O2. The van der Waals surface area contributed by atoms with Gasteiger partial charge < -0.3 is 10.6 Å². The van der Waals surface area contributed by atoms with Crippen molar-refractivity contribution in [3.63, 3.8) is 0 Å². The number of hydrogen-bond acceptors (Lipinski definition) is 2. The van der Waals surface area contributed by atoms with Crippen molar-refractivity contribution in [1.82, 2.24) is 10.6 Å². The van der Waals surface area contributed by atoms with Crippen LogP contribution in [0.4, 0.5) is 0 Å². The van der Waals surface area contributed by atoms with Gasteiger partial charge in [-0.25, -0.2) is 0 Å². The molecule has 0 spiro atoms. The van der Waals surface area contributed by atoms with Gasteiger partial charge in [0.1, 0.15) is 12.1 Å². The Labute approximate surface area is 79.6 Å². The third-order valence-electron chi connectivity index (χ3n) is 1.57. The standard InChI is InChI=1S/C6H8Cl2N2O2/c7-1-3-5(11)10-4(2-8)6(12)9-3/h3-4H,1-2H2,(H,9,12)(H,10,11)/t3-,4+. The van der Waals surface area contributed by atoms with Crippen LogP contribution in [0, 0.1) is 0 Å². The molecule has 1 aliphatic heterocycles. The Balaban J connectivity index is 2.61. The monoisotopic (exact) mass is 210 g/mol. The van der Waals surface area contributed by atoms with Gasteiger partial charge in [0.05, 0.1) is 11.8 Å². The third kappa shape index (κ3) is 1.81. The Morgan fingerprint density at radius 1 is 1.00 bits per heavy atom. The molecule has 0 aromatic rings. The van der Waals surface area contributed by atoms with Crippen molar-refractivity contribution in [2.45, 2.75) is 12.1 Å². The molecule has 0 aliphatic carbocycles. The van der Waals surface area contributed by atoms with Gasteiger partial charge in [0.25, 0.3) is 0 Å². The van der Waals surface area contributed by atoms with Gasteiger partial charge in [-0.2, -0.15) is 0 Å². The first-order chi connectivity index (χ1) is 5.69. The van der Waals surface area contributed by atoms with Crippen LogP contribution in [0.15, 0.2) is 0 Å². The van der Waals surface area contributed by atoms with E-state index in [1.807, 2.05) is 0 Å². The minimum Gasteiger partial charge on any atom is -0.341 e. The Morgan fingerprint density at radius 2 is 1.33 bits per heavy atom. The molecule has 6 heteroatoms. The molecule has 0 aromatic carbocycles. The van der Waals surface area contributed by atoms with E-state index in [1.54, 1.807) is 0 Å². The molecule has 0 aromatic heterocycles. The Kier molecular flexibility index (Phi) is 3.17. The van der Waals surface area contributed by atoms with Crippen molar-refractivity contribution in [2.75, 3.05) is 11.8 Å². The smallest absolute Gasteiger partial charge is 0.244 e. The fourth-order valence-electron chi connectivity index (χ4n) is 0.893. The van der Waals surface area contributed by atoms with Gasteiger partial charge in [0.2, 0.25) is 11.8 Å². The van der Waals surface area contributed by atoms with Crippen molar-refractivity contribution in [3.8, 4) is 0 Å². The van der Waals surface area contributed by atoms with Gasteiger partial charge >= 0.3 is 0 Å². The van der Waals surface area contributed by atoms with Gasteiger partial charge in [-0.1, -0.05) is 0 Å². The molecular weight excluding hydrogens is 203 g/mol. The molecule has 1 fully saturated rings. The van der Waals surface area contributed by atoms with E-state index in [0.29, 0.717) is 0 Å². The Morgan fingerprint density at radius 3 is 1.58 bits per heavy atom. The summed E-state index contributed by atoms with van der Waals surface area (Å²) in [4.78, 5) is 22.1. The lowest BCUT2D eigenvalue weighted by atomic mass is 10.2. The summed E-state index contributed by atoms with van der Waals surface area (Å²) in [6, 6.07) is -1.25. The Bertz CT molecular complexity index is 188. The number of halogens is 2. The number of carbonyl (C=O) groups is 2. The van der Waals surface area contributed by atoms with Gasteiger partial charge in [0.15, 0.2) is 0 Å². The highest BCUT2D eigenvalue weighted by Gasteiger charge is 2.32. The summed E-state index contributed by atoms with van der Waals surface area (Å²) < 4.78 is 0. The normalized spacial score (nSPS) is 29.5. The number of hydrogen-bond donors (Lipinski definition) is 2. The van der Waals surface area contributed by atoms with Crippen LogP contribution in [-0.4, -0.2) is 35.7 Å². The maximum Gasteiger partial charge on any atom is 0.244 e. The number of alkyl halides is 2. The van der Waals surface area contributed by atoms with Crippen LogP contribution < -0.4 is 10.6 Å². The zero-order chi connectivity index (χ0) is 9.14. The summed E-state index contributed by atoms with van der Waals surface area (Å²) in [5.74, 6) is -0.412. The highest BCUT2D eigenvalue weighted by atomic mass is 35.5. The number of nitrogens with one attached hydrogen (secondary N) is 2. The maximum absolute atomic E-state index is 11.1. The second-order valence-electron chi connectivity index (χ2n) is 2.43. The average Bonchev–Trinajstić information content (AvgIpc) is 2.08.